The second-order valence-electron chi connectivity index (χ2n) is 5.48. The van der Waals surface area contributed by atoms with Gasteiger partial charge in [0.2, 0.25) is 0 Å². The van der Waals surface area contributed by atoms with E-state index in [4.69, 9.17) is 32.7 Å². The van der Waals surface area contributed by atoms with Gasteiger partial charge in [-0.25, -0.2) is 0 Å². The molecule has 0 amide bonds. The molecule has 1 saturated heterocycles. The summed E-state index contributed by atoms with van der Waals surface area (Å²) in [5.41, 5.74) is 0.720. The van der Waals surface area contributed by atoms with Crippen molar-refractivity contribution in [3.63, 3.8) is 0 Å². The Morgan fingerprint density at radius 2 is 1.75 bits per heavy atom. The lowest BCUT2D eigenvalue weighted by Crippen LogP contribution is -2.33. The normalized spacial score (nSPS) is 28.9. The van der Waals surface area contributed by atoms with Gasteiger partial charge in [0, 0.05) is 28.5 Å². The van der Waals surface area contributed by atoms with Crippen LogP contribution in [0.25, 0.3) is 0 Å². The zero-order valence-corrected chi connectivity index (χ0v) is 12.7. The third kappa shape index (κ3) is 2.58. The van der Waals surface area contributed by atoms with Crippen LogP contribution in [0.1, 0.15) is 43.8 Å². The molecule has 0 radical (unpaired) electrons. The van der Waals surface area contributed by atoms with E-state index < -0.39 is 18.0 Å². The highest BCUT2D eigenvalue weighted by Crippen LogP contribution is 2.48. The van der Waals surface area contributed by atoms with Gasteiger partial charge in [0.1, 0.15) is 12.2 Å². The van der Waals surface area contributed by atoms with E-state index in [0.29, 0.717) is 10.0 Å². The summed E-state index contributed by atoms with van der Waals surface area (Å²) in [5.74, 6) is -0.571. The van der Waals surface area contributed by atoms with Crippen LogP contribution in [0, 0.1) is 0 Å². The van der Waals surface area contributed by atoms with Crippen molar-refractivity contribution >= 4 is 23.2 Å². The molecular formula is C15H18Cl2O3. The van der Waals surface area contributed by atoms with Gasteiger partial charge < -0.3 is 14.6 Å². The summed E-state index contributed by atoms with van der Waals surface area (Å²) in [4.78, 5) is 0. The number of ether oxygens (including phenoxy) is 2. The summed E-state index contributed by atoms with van der Waals surface area (Å²) in [6, 6.07) is 5.37. The summed E-state index contributed by atoms with van der Waals surface area (Å²) in [6.07, 6.45) is 4.28. The second-order valence-corrected chi connectivity index (χ2v) is 6.30. The quantitative estimate of drug-likeness (QED) is 0.892. The van der Waals surface area contributed by atoms with Crippen LogP contribution in [0.5, 0.6) is 0 Å². The Labute approximate surface area is 128 Å². The molecule has 1 N–H and O–H groups in total. The lowest BCUT2D eigenvalue weighted by molar-refractivity contribution is -0.196. The molecule has 1 aliphatic heterocycles. The molecule has 5 heteroatoms. The molecule has 1 aliphatic carbocycles. The molecule has 20 heavy (non-hydrogen) atoms. The van der Waals surface area contributed by atoms with E-state index in [-0.39, 0.29) is 6.61 Å². The van der Waals surface area contributed by atoms with Gasteiger partial charge in [-0.05, 0) is 25.0 Å². The predicted molar refractivity (Wildman–Crippen MR) is 78.1 cm³/mol. The Kier molecular flexibility index (Phi) is 4.25. The summed E-state index contributed by atoms with van der Waals surface area (Å²) < 4.78 is 12.2. The van der Waals surface area contributed by atoms with Gasteiger partial charge in [-0.1, -0.05) is 35.7 Å². The van der Waals surface area contributed by atoms with Crippen molar-refractivity contribution in [2.75, 3.05) is 6.61 Å². The monoisotopic (exact) mass is 316 g/mol. The van der Waals surface area contributed by atoms with Gasteiger partial charge in [0.05, 0.1) is 6.61 Å². The standard InChI is InChI=1S/C15H18Cl2O3/c16-10-5-4-6-11(17)13(10)14-12(9-18)19-15(20-14)7-2-1-3-8-15/h4-6,12,14,18H,1-3,7-9H2/t12-,14+/m0/s1. The topological polar surface area (TPSA) is 38.7 Å². The fourth-order valence-corrected chi connectivity index (χ4v) is 3.77. The van der Waals surface area contributed by atoms with Crippen molar-refractivity contribution in [2.45, 2.75) is 50.1 Å². The van der Waals surface area contributed by atoms with Gasteiger partial charge in [-0.3, -0.25) is 0 Å². The van der Waals surface area contributed by atoms with E-state index >= 15 is 0 Å². The molecule has 110 valence electrons. The van der Waals surface area contributed by atoms with Crippen LogP contribution < -0.4 is 0 Å². The number of aliphatic hydroxyl groups excluding tert-OH is 1. The largest absolute Gasteiger partial charge is 0.394 e. The van der Waals surface area contributed by atoms with Crippen LogP contribution in [-0.2, 0) is 9.47 Å². The smallest absolute Gasteiger partial charge is 0.169 e. The van der Waals surface area contributed by atoms with E-state index in [9.17, 15) is 5.11 Å². The number of benzene rings is 1. The maximum absolute atomic E-state index is 9.60. The first kappa shape index (κ1) is 14.6. The Morgan fingerprint density at radius 1 is 1.10 bits per heavy atom. The molecule has 1 saturated carbocycles. The third-order valence-corrected chi connectivity index (χ3v) is 4.78. The number of rotatable bonds is 2. The molecule has 3 rings (SSSR count). The molecule has 2 fully saturated rings. The summed E-state index contributed by atoms with van der Waals surface area (Å²) >= 11 is 12.5. The summed E-state index contributed by atoms with van der Waals surface area (Å²) in [5, 5.41) is 10.7. The van der Waals surface area contributed by atoms with Crippen LogP contribution in [0.15, 0.2) is 18.2 Å². The molecule has 2 atom stereocenters. The molecule has 3 nitrogen and oxygen atoms in total. The zero-order valence-electron chi connectivity index (χ0n) is 11.1. The number of hydrogen-bond acceptors (Lipinski definition) is 3. The summed E-state index contributed by atoms with van der Waals surface area (Å²) in [7, 11) is 0. The van der Waals surface area contributed by atoms with Crippen molar-refractivity contribution in [3.8, 4) is 0 Å². The van der Waals surface area contributed by atoms with Crippen molar-refractivity contribution in [3.05, 3.63) is 33.8 Å². The first-order valence-corrected chi connectivity index (χ1v) is 7.81. The second kappa shape index (κ2) is 5.82. The molecule has 1 aromatic carbocycles. The highest BCUT2D eigenvalue weighted by Gasteiger charge is 2.49. The lowest BCUT2D eigenvalue weighted by atomic mass is 9.94. The lowest BCUT2D eigenvalue weighted by Gasteiger charge is -2.32. The third-order valence-electron chi connectivity index (χ3n) is 4.13. The minimum atomic E-state index is -0.571. The predicted octanol–water partition coefficient (Wildman–Crippen LogP) is 4.10. The highest BCUT2D eigenvalue weighted by molar-refractivity contribution is 6.36. The fourth-order valence-electron chi connectivity index (χ4n) is 3.16. The average molecular weight is 317 g/mol. The van der Waals surface area contributed by atoms with E-state index in [2.05, 4.69) is 0 Å². The molecular weight excluding hydrogens is 299 g/mol. The average Bonchev–Trinajstić information content (AvgIpc) is 2.78. The zero-order chi connectivity index (χ0) is 14.2. The van der Waals surface area contributed by atoms with Crippen molar-refractivity contribution in [2.24, 2.45) is 0 Å². The van der Waals surface area contributed by atoms with Crippen LogP contribution in [0.2, 0.25) is 10.0 Å². The summed E-state index contributed by atoms with van der Waals surface area (Å²) in [6.45, 7) is -0.103. The Balaban J connectivity index is 1.92. The van der Waals surface area contributed by atoms with Gasteiger partial charge in [-0.2, -0.15) is 0 Å². The molecule has 2 aliphatic rings. The van der Waals surface area contributed by atoms with Gasteiger partial charge >= 0.3 is 0 Å². The van der Waals surface area contributed by atoms with E-state index in [1.54, 1.807) is 18.2 Å². The maximum atomic E-state index is 9.60. The van der Waals surface area contributed by atoms with Crippen molar-refractivity contribution < 1.29 is 14.6 Å². The van der Waals surface area contributed by atoms with E-state index in [1.807, 2.05) is 0 Å². The SMILES string of the molecule is OC[C@@H]1OC2(CCCCC2)O[C@H]1c1c(Cl)cccc1Cl. The Morgan fingerprint density at radius 3 is 2.35 bits per heavy atom. The molecule has 0 aromatic heterocycles. The minimum Gasteiger partial charge on any atom is -0.394 e. The highest BCUT2D eigenvalue weighted by atomic mass is 35.5. The molecule has 0 unspecified atom stereocenters. The molecule has 1 spiro atoms. The van der Waals surface area contributed by atoms with E-state index in [1.165, 1.54) is 6.42 Å². The number of halogens is 2. The molecule has 1 heterocycles. The first-order chi connectivity index (χ1) is 9.65. The molecule has 1 aromatic rings. The van der Waals surface area contributed by atoms with Gasteiger partial charge in [0.15, 0.2) is 5.79 Å². The Bertz CT molecular complexity index is 466. The van der Waals surface area contributed by atoms with Crippen molar-refractivity contribution in [1.82, 2.24) is 0 Å². The maximum Gasteiger partial charge on any atom is 0.169 e. The Hall–Kier alpha value is -0.320. The molecule has 0 bridgehead atoms. The van der Waals surface area contributed by atoms with Crippen LogP contribution in [0.4, 0.5) is 0 Å². The van der Waals surface area contributed by atoms with Crippen LogP contribution in [-0.4, -0.2) is 23.6 Å². The fraction of sp³-hybridized carbons (Fsp3) is 0.600. The van der Waals surface area contributed by atoms with E-state index in [0.717, 1.165) is 31.2 Å². The minimum absolute atomic E-state index is 0.103. The van der Waals surface area contributed by atoms with Gasteiger partial charge in [-0.15, -0.1) is 0 Å². The van der Waals surface area contributed by atoms with Crippen LogP contribution in [0.3, 0.4) is 0 Å². The first-order valence-electron chi connectivity index (χ1n) is 7.06. The van der Waals surface area contributed by atoms with Gasteiger partial charge in [0.25, 0.3) is 0 Å². The number of hydrogen-bond donors (Lipinski definition) is 1. The van der Waals surface area contributed by atoms with Crippen LogP contribution >= 0.6 is 23.2 Å². The number of aliphatic hydroxyl groups is 1. The van der Waals surface area contributed by atoms with Crippen molar-refractivity contribution in [1.29, 1.82) is 0 Å².